The van der Waals surface area contributed by atoms with E-state index in [1.54, 1.807) is 18.2 Å². The summed E-state index contributed by atoms with van der Waals surface area (Å²) in [7, 11) is 0. The smallest absolute Gasteiger partial charge is 0.249 e. The van der Waals surface area contributed by atoms with Crippen LogP contribution in [0, 0.1) is 23.2 Å². The van der Waals surface area contributed by atoms with Gasteiger partial charge in [0.1, 0.15) is 0 Å². The average molecular weight is 312 g/mol. The lowest BCUT2D eigenvalue weighted by Crippen LogP contribution is -2.47. The van der Waals surface area contributed by atoms with Crippen LogP contribution in [0.4, 0.5) is 0 Å². The van der Waals surface area contributed by atoms with Crippen molar-refractivity contribution in [2.24, 2.45) is 34.6 Å². The molecular weight excluding hydrogens is 288 g/mol. The summed E-state index contributed by atoms with van der Waals surface area (Å²) in [6.45, 7) is 0. The molecule has 23 heavy (non-hydrogen) atoms. The SMILES string of the molecule is NC(=O)c1cccc(C(N)=O)c1CC12CC3CC(CC(C3)C1)C2. The number of nitrogens with two attached hydrogens (primary N) is 2. The molecule has 4 fully saturated rings. The Morgan fingerprint density at radius 3 is 1.74 bits per heavy atom. The molecule has 0 saturated heterocycles. The van der Waals surface area contributed by atoms with Gasteiger partial charge in [0.25, 0.3) is 0 Å². The highest BCUT2D eigenvalue weighted by Gasteiger charge is 2.51. The fourth-order valence-electron chi connectivity index (χ4n) is 6.12. The maximum Gasteiger partial charge on any atom is 0.249 e. The van der Waals surface area contributed by atoms with Crippen molar-refractivity contribution in [1.29, 1.82) is 0 Å². The van der Waals surface area contributed by atoms with Gasteiger partial charge in [-0.05, 0) is 85.8 Å². The Morgan fingerprint density at radius 2 is 1.35 bits per heavy atom. The molecule has 2 amide bonds. The summed E-state index contributed by atoms with van der Waals surface area (Å²) in [5.74, 6) is 1.57. The van der Waals surface area contributed by atoms with Gasteiger partial charge in [0.05, 0.1) is 0 Å². The molecule has 0 atom stereocenters. The van der Waals surface area contributed by atoms with Gasteiger partial charge in [0, 0.05) is 11.1 Å². The highest BCUT2D eigenvalue weighted by atomic mass is 16.1. The normalized spacial score (nSPS) is 34.5. The van der Waals surface area contributed by atoms with Crippen molar-refractivity contribution in [3.05, 3.63) is 34.9 Å². The van der Waals surface area contributed by atoms with Gasteiger partial charge in [0.2, 0.25) is 11.8 Å². The second kappa shape index (κ2) is 5.08. The zero-order valence-corrected chi connectivity index (χ0v) is 13.4. The Hall–Kier alpha value is -1.84. The number of primary amides is 2. The minimum Gasteiger partial charge on any atom is -0.366 e. The molecule has 4 aliphatic carbocycles. The molecule has 4 bridgehead atoms. The molecule has 0 spiro atoms. The fourth-order valence-corrected chi connectivity index (χ4v) is 6.12. The van der Waals surface area contributed by atoms with Gasteiger partial charge in [-0.3, -0.25) is 9.59 Å². The Kier molecular flexibility index (Phi) is 3.26. The molecule has 1 aromatic carbocycles. The van der Waals surface area contributed by atoms with Crippen molar-refractivity contribution in [2.75, 3.05) is 0 Å². The fraction of sp³-hybridized carbons (Fsp3) is 0.579. The Balaban J connectivity index is 1.74. The Morgan fingerprint density at radius 1 is 0.913 bits per heavy atom. The number of benzene rings is 1. The molecule has 1 aromatic rings. The predicted octanol–water partition coefficient (Wildman–Crippen LogP) is 2.64. The first kappa shape index (κ1) is 14.7. The lowest BCUT2D eigenvalue weighted by molar-refractivity contribution is -0.0522. The Labute approximate surface area is 136 Å². The molecule has 5 rings (SSSR count). The van der Waals surface area contributed by atoms with Crippen molar-refractivity contribution in [3.8, 4) is 0 Å². The van der Waals surface area contributed by atoms with Crippen molar-refractivity contribution in [2.45, 2.75) is 44.9 Å². The quantitative estimate of drug-likeness (QED) is 0.895. The van der Waals surface area contributed by atoms with E-state index < -0.39 is 11.8 Å². The lowest BCUT2D eigenvalue weighted by Gasteiger charge is -2.57. The summed E-state index contributed by atoms with van der Waals surface area (Å²) < 4.78 is 0. The van der Waals surface area contributed by atoms with Gasteiger partial charge in [-0.15, -0.1) is 0 Å². The largest absolute Gasteiger partial charge is 0.366 e. The van der Waals surface area contributed by atoms with Crippen LogP contribution >= 0.6 is 0 Å². The van der Waals surface area contributed by atoms with E-state index in [2.05, 4.69) is 0 Å². The minimum absolute atomic E-state index is 0.241. The van der Waals surface area contributed by atoms with Crippen molar-refractivity contribution < 1.29 is 9.59 Å². The molecule has 0 radical (unpaired) electrons. The first-order chi connectivity index (χ1) is 11.0. The highest BCUT2D eigenvalue weighted by Crippen LogP contribution is 2.61. The summed E-state index contributed by atoms with van der Waals surface area (Å²) in [5, 5.41) is 0. The third kappa shape index (κ3) is 2.44. The number of carbonyl (C=O) groups excluding carboxylic acids is 2. The molecule has 0 aromatic heterocycles. The maximum atomic E-state index is 11.9. The van der Waals surface area contributed by atoms with Crippen LogP contribution in [-0.2, 0) is 6.42 Å². The molecule has 122 valence electrons. The molecule has 4 aliphatic rings. The molecule has 0 heterocycles. The van der Waals surface area contributed by atoms with Gasteiger partial charge < -0.3 is 11.5 Å². The minimum atomic E-state index is -0.465. The van der Waals surface area contributed by atoms with E-state index in [1.165, 1.54) is 38.5 Å². The molecule has 4 N–H and O–H groups in total. The van der Waals surface area contributed by atoms with Crippen molar-refractivity contribution in [1.82, 2.24) is 0 Å². The van der Waals surface area contributed by atoms with E-state index in [9.17, 15) is 9.59 Å². The second-order valence-corrected chi connectivity index (χ2v) is 8.15. The van der Waals surface area contributed by atoms with E-state index in [0.29, 0.717) is 11.1 Å². The monoisotopic (exact) mass is 312 g/mol. The molecule has 4 heteroatoms. The highest BCUT2D eigenvalue weighted by molar-refractivity contribution is 6.01. The van der Waals surface area contributed by atoms with E-state index >= 15 is 0 Å². The molecular formula is C19H24N2O2. The van der Waals surface area contributed by atoms with Crippen LogP contribution in [0.15, 0.2) is 18.2 Å². The Bertz CT molecular complexity index is 612. The van der Waals surface area contributed by atoms with E-state index in [4.69, 9.17) is 11.5 Å². The van der Waals surface area contributed by atoms with E-state index in [-0.39, 0.29) is 5.41 Å². The van der Waals surface area contributed by atoms with Crippen LogP contribution < -0.4 is 11.5 Å². The summed E-state index contributed by atoms with van der Waals surface area (Å²) in [6.07, 6.45) is 8.57. The van der Waals surface area contributed by atoms with Crippen molar-refractivity contribution in [3.63, 3.8) is 0 Å². The van der Waals surface area contributed by atoms with Crippen LogP contribution in [0.25, 0.3) is 0 Å². The maximum absolute atomic E-state index is 11.9. The van der Waals surface area contributed by atoms with Crippen LogP contribution in [0.5, 0.6) is 0 Å². The molecule has 4 saturated carbocycles. The first-order valence-corrected chi connectivity index (χ1v) is 8.67. The number of hydrogen-bond acceptors (Lipinski definition) is 2. The molecule has 4 nitrogen and oxygen atoms in total. The predicted molar refractivity (Wildman–Crippen MR) is 87.8 cm³/mol. The van der Waals surface area contributed by atoms with Gasteiger partial charge in [0.15, 0.2) is 0 Å². The summed E-state index contributed by atoms with van der Waals surface area (Å²) in [4.78, 5) is 23.7. The standard InChI is InChI=1S/C19H24N2O2/c20-17(22)14-2-1-3-15(18(21)23)16(14)10-19-7-11-4-12(8-19)6-13(5-11)9-19/h1-3,11-13H,4-10H2,(H2,20,22)(H2,21,23). The first-order valence-electron chi connectivity index (χ1n) is 8.67. The zero-order valence-electron chi connectivity index (χ0n) is 13.4. The van der Waals surface area contributed by atoms with E-state index in [1.807, 2.05) is 0 Å². The summed E-state index contributed by atoms with van der Waals surface area (Å²) in [5.41, 5.74) is 13.1. The van der Waals surface area contributed by atoms with E-state index in [0.717, 1.165) is 29.7 Å². The summed E-state index contributed by atoms with van der Waals surface area (Å²) >= 11 is 0. The molecule has 0 unspecified atom stereocenters. The second-order valence-electron chi connectivity index (χ2n) is 8.15. The van der Waals surface area contributed by atoms with Gasteiger partial charge in [-0.25, -0.2) is 0 Å². The average Bonchev–Trinajstić information content (AvgIpc) is 2.44. The number of carbonyl (C=O) groups is 2. The lowest BCUT2D eigenvalue weighted by atomic mass is 9.48. The zero-order chi connectivity index (χ0) is 16.2. The van der Waals surface area contributed by atoms with Gasteiger partial charge >= 0.3 is 0 Å². The van der Waals surface area contributed by atoms with Crippen LogP contribution in [0.2, 0.25) is 0 Å². The number of rotatable bonds is 4. The molecule has 0 aliphatic heterocycles. The van der Waals surface area contributed by atoms with Crippen LogP contribution in [-0.4, -0.2) is 11.8 Å². The number of amides is 2. The summed E-state index contributed by atoms with van der Waals surface area (Å²) in [6, 6.07) is 5.15. The third-order valence-electron chi connectivity index (χ3n) is 6.42. The van der Waals surface area contributed by atoms with Crippen LogP contribution in [0.1, 0.15) is 64.8 Å². The van der Waals surface area contributed by atoms with Gasteiger partial charge in [-0.1, -0.05) is 6.07 Å². The topological polar surface area (TPSA) is 86.2 Å². The number of hydrogen-bond donors (Lipinski definition) is 2. The van der Waals surface area contributed by atoms with Crippen LogP contribution in [0.3, 0.4) is 0 Å². The van der Waals surface area contributed by atoms with Crippen molar-refractivity contribution >= 4 is 11.8 Å². The third-order valence-corrected chi connectivity index (χ3v) is 6.42. The van der Waals surface area contributed by atoms with Gasteiger partial charge in [-0.2, -0.15) is 0 Å².